The highest BCUT2D eigenvalue weighted by Gasteiger charge is 2.25. The highest BCUT2D eigenvalue weighted by molar-refractivity contribution is 5.98. The molecule has 2 atom stereocenters. The van der Waals surface area contributed by atoms with E-state index in [0.717, 1.165) is 11.3 Å². The smallest absolute Gasteiger partial charge is 0.168 e. The molecule has 2 unspecified atom stereocenters. The second-order valence-electron chi connectivity index (χ2n) is 6.79. The highest BCUT2D eigenvalue weighted by Crippen LogP contribution is 2.20. The van der Waals surface area contributed by atoms with Gasteiger partial charge in [-0.3, -0.25) is 4.79 Å². The Morgan fingerprint density at radius 3 is 1.96 bits per heavy atom. The summed E-state index contributed by atoms with van der Waals surface area (Å²) in [6, 6.07) is 29.3. The third-order valence-electron chi connectivity index (χ3n) is 4.79. The Labute approximate surface area is 160 Å². The summed E-state index contributed by atoms with van der Waals surface area (Å²) in [6.45, 7) is 2.86. The van der Waals surface area contributed by atoms with E-state index in [4.69, 9.17) is 0 Å². The van der Waals surface area contributed by atoms with Crippen LogP contribution in [0.1, 0.15) is 22.8 Å². The lowest BCUT2D eigenvalue weighted by atomic mass is 9.93. The normalized spacial score (nSPS) is 13.0. The van der Waals surface area contributed by atoms with Crippen LogP contribution in [0.2, 0.25) is 0 Å². The Hall–Kier alpha value is -2.91. The summed E-state index contributed by atoms with van der Waals surface area (Å²) in [7, 11) is 0. The number of aliphatic hydroxyl groups excluding tert-OH is 1. The van der Waals surface area contributed by atoms with E-state index in [1.54, 1.807) is 19.1 Å². The first kappa shape index (κ1) is 18.9. The van der Waals surface area contributed by atoms with Gasteiger partial charge in [0.15, 0.2) is 5.78 Å². The molecule has 3 heteroatoms. The summed E-state index contributed by atoms with van der Waals surface area (Å²) in [5.41, 5.74) is 2.83. The van der Waals surface area contributed by atoms with Crippen LogP contribution in [0.4, 0.5) is 5.69 Å². The monoisotopic (exact) mass is 359 g/mol. The van der Waals surface area contributed by atoms with Crippen molar-refractivity contribution in [3.8, 4) is 0 Å². The van der Waals surface area contributed by atoms with Crippen LogP contribution in [-0.4, -0.2) is 23.5 Å². The Morgan fingerprint density at radius 1 is 0.852 bits per heavy atom. The minimum absolute atomic E-state index is 0.0316. The van der Waals surface area contributed by atoms with Crippen LogP contribution < -0.4 is 4.90 Å². The Bertz CT molecular complexity index is 834. The number of rotatable bonds is 8. The first-order valence-electron chi connectivity index (χ1n) is 9.26. The van der Waals surface area contributed by atoms with E-state index >= 15 is 0 Å². The number of ketones is 1. The van der Waals surface area contributed by atoms with Crippen molar-refractivity contribution in [1.29, 1.82) is 0 Å². The van der Waals surface area contributed by atoms with Gasteiger partial charge < -0.3 is 10.0 Å². The zero-order valence-electron chi connectivity index (χ0n) is 15.5. The third kappa shape index (κ3) is 5.05. The molecule has 0 aliphatic heterocycles. The van der Waals surface area contributed by atoms with E-state index in [1.165, 1.54) is 0 Å². The summed E-state index contributed by atoms with van der Waals surface area (Å²) in [5.74, 6) is -0.509. The zero-order chi connectivity index (χ0) is 19.1. The lowest BCUT2D eigenvalue weighted by molar-refractivity contribution is 0.0730. The Balaban J connectivity index is 1.75. The maximum atomic E-state index is 12.7. The molecule has 0 aliphatic rings. The number of hydrogen-bond donors (Lipinski definition) is 1. The zero-order valence-corrected chi connectivity index (χ0v) is 15.5. The average molecular weight is 359 g/mol. The molecule has 0 fully saturated rings. The van der Waals surface area contributed by atoms with Crippen LogP contribution in [0.15, 0.2) is 91.0 Å². The van der Waals surface area contributed by atoms with Gasteiger partial charge >= 0.3 is 0 Å². The quantitative estimate of drug-likeness (QED) is 0.599. The summed E-state index contributed by atoms with van der Waals surface area (Å²) in [6.07, 6.45) is -0.762. The lowest BCUT2D eigenvalue weighted by Gasteiger charge is -2.29. The molecule has 3 nitrogen and oxygen atoms in total. The van der Waals surface area contributed by atoms with Crippen LogP contribution in [-0.2, 0) is 6.54 Å². The van der Waals surface area contributed by atoms with Crippen LogP contribution in [0.5, 0.6) is 0 Å². The average Bonchev–Trinajstić information content (AvgIpc) is 2.74. The van der Waals surface area contributed by atoms with Gasteiger partial charge in [-0.25, -0.2) is 0 Å². The van der Waals surface area contributed by atoms with Crippen molar-refractivity contribution >= 4 is 11.5 Å². The van der Waals surface area contributed by atoms with E-state index in [-0.39, 0.29) is 5.78 Å². The molecule has 3 rings (SSSR count). The van der Waals surface area contributed by atoms with Gasteiger partial charge in [0, 0.05) is 30.3 Å². The SMILES string of the molecule is CC(C(=O)c1ccccc1)C(O)CN(Cc1ccccc1)c1ccccc1. The van der Waals surface area contributed by atoms with E-state index in [0.29, 0.717) is 18.7 Å². The second-order valence-corrected chi connectivity index (χ2v) is 6.79. The van der Waals surface area contributed by atoms with Crippen molar-refractivity contribution in [2.45, 2.75) is 19.6 Å². The fourth-order valence-electron chi connectivity index (χ4n) is 3.13. The number of hydrogen-bond acceptors (Lipinski definition) is 3. The first-order valence-corrected chi connectivity index (χ1v) is 9.26. The second kappa shape index (κ2) is 9.15. The number of nitrogens with zero attached hydrogens (tertiary/aromatic N) is 1. The molecule has 0 saturated heterocycles. The number of carbonyl (C=O) groups is 1. The molecule has 3 aromatic carbocycles. The molecule has 27 heavy (non-hydrogen) atoms. The van der Waals surface area contributed by atoms with Gasteiger partial charge in [-0.1, -0.05) is 85.8 Å². The summed E-state index contributed by atoms with van der Waals surface area (Å²) >= 11 is 0. The largest absolute Gasteiger partial charge is 0.391 e. The number of Topliss-reactive ketones (excluding diaryl/α,β-unsaturated/α-hetero) is 1. The van der Waals surface area contributed by atoms with Crippen LogP contribution in [0.3, 0.4) is 0 Å². The van der Waals surface area contributed by atoms with Crippen LogP contribution in [0.25, 0.3) is 0 Å². The van der Waals surface area contributed by atoms with Crippen LogP contribution >= 0.6 is 0 Å². The molecular formula is C24H25NO2. The molecule has 3 aromatic rings. The predicted octanol–water partition coefficient (Wildman–Crippen LogP) is 4.57. The van der Waals surface area contributed by atoms with E-state index in [9.17, 15) is 9.90 Å². The van der Waals surface area contributed by atoms with Gasteiger partial charge in [-0.05, 0) is 17.7 Å². The van der Waals surface area contributed by atoms with Gasteiger partial charge in [0.1, 0.15) is 0 Å². The maximum absolute atomic E-state index is 12.7. The molecule has 0 spiro atoms. The summed E-state index contributed by atoms with van der Waals surface area (Å²) in [4.78, 5) is 14.8. The summed E-state index contributed by atoms with van der Waals surface area (Å²) < 4.78 is 0. The van der Waals surface area contributed by atoms with E-state index < -0.39 is 12.0 Å². The van der Waals surface area contributed by atoms with E-state index in [1.807, 2.05) is 66.7 Å². The fraction of sp³-hybridized carbons (Fsp3) is 0.208. The maximum Gasteiger partial charge on any atom is 0.168 e. The third-order valence-corrected chi connectivity index (χ3v) is 4.79. The molecule has 0 amide bonds. The number of aliphatic hydroxyl groups is 1. The van der Waals surface area contributed by atoms with Crippen molar-refractivity contribution in [3.63, 3.8) is 0 Å². The van der Waals surface area contributed by atoms with Crippen molar-refractivity contribution in [1.82, 2.24) is 0 Å². The molecule has 0 aliphatic carbocycles. The molecule has 0 radical (unpaired) electrons. The van der Waals surface area contributed by atoms with Gasteiger partial charge in [0.2, 0.25) is 0 Å². The Morgan fingerprint density at radius 2 is 1.37 bits per heavy atom. The minimum Gasteiger partial charge on any atom is -0.391 e. The molecular weight excluding hydrogens is 334 g/mol. The van der Waals surface area contributed by atoms with Crippen LogP contribution in [0, 0.1) is 5.92 Å². The standard InChI is InChI=1S/C24H25NO2/c1-19(24(27)21-13-7-3-8-14-21)23(26)18-25(22-15-9-4-10-16-22)17-20-11-5-2-6-12-20/h2-16,19,23,26H,17-18H2,1H3. The Kier molecular flexibility index (Phi) is 6.39. The number of anilines is 1. The van der Waals surface area contributed by atoms with Gasteiger partial charge in [0.25, 0.3) is 0 Å². The molecule has 138 valence electrons. The topological polar surface area (TPSA) is 40.5 Å². The number of carbonyl (C=O) groups excluding carboxylic acids is 1. The summed E-state index contributed by atoms with van der Waals surface area (Å²) in [5, 5.41) is 10.8. The molecule has 0 bridgehead atoms. The predicted molar refractivity (Wildman–Crippen MR) is 110 cm³/mol. The first-order chi connectivity index (χ1) is 13.1. The van der Waals surface area contributed by atoms with Crippen molar-refractivity contribution in [3.05, 3.63) is 102 Å². The fourth-order valence-corrected chi connectivity index (χ4v) is 3.13. The van der Waals surface area contributed by atoms with Gasteiger partial charge in [-0.2, -0.15) is 0 Å². The molecule has 0 aromatic heterocycles. The van der Waals surface area contributed by atoms with Gasteiger partial charge in [-0.15, -0.1) is 0 Å². The van der Waals surface area contributed by atoms with Crippen molar-refractivity contribution < 1.29 is 9.90 Å². The van der Waals surface area contributed by atoms with Crippen molar-refractivity contribution in [2.24, 2.45) is 5.92 Å². The number of benzene rings is 3. The van der Waals surface area contributed by atoms with E-state index in [2.05, 4.69) is 17.0 Å². The molecule has 0 saturated carbocycles. The molecule has 1 N–H and O–H groups in total. The number of para-hydroxylation sites is 1. The molecule has 0 heterocycles. The van der Waals surface area contributed by atoms with Crippen molar-refractivity contribution in [2.75, 3.05) is 11.4 Å². The lowest BCUT2D eigenvalue weighted by Crippen LogP contribution is -2.38. The van der Waals surface area contributed by atoms with Gasteiger partial charge in [0.05, 0.1) is 6.10 Å². The highest BCUT2D eigenvalue weighted by atomic mass is 16.3. The minimum atomic E-state index is -0.762.